The lowest BCUT2D eigenvalue weighted by molar-refractivity contribution is -0.385. The van der Waals surface area contributed by atoms with E-state index in [-0.39, 0.29) is 17.3 Å². The summed E-state index contributed by atoms with van der Waals surface area (Å²) in [6, 6.07) is 11.3. The number of nitrogens with zero attached hydrogens (tertiary/aromatic N) is 1. The molecule has 0 radical (unpaired) electrons. The van der Waals surface area contributed by atoms with Crippen LogP contribution in [0.2, 0.25) is 0 Å². The third-order valence-electron chi connectivity index (χ3n) is 3.32. The van der Waals surface area contributed by atoms with Gasteiger partial charge in [0.1, 0.15) is 0 Å². The van der Waals surface area contributed by atoms with Crippen LogP contribution in [0.1, 0.15) is 12.5 Å². The molecule has 0 aromatic heterocycles. The minimum Gasteiger partial charge on any atom is -0.493 e. The highest BCUT2D eigenvalue weighted by atomic mass is 16.6. The van der Waals surface area contributed by atoms with Gasteiger partial charge < -0.3 is 14.8 Å². The fourth-order valence-electron chi connectivity index (χ4n) is 2.08. The van der Waals surface area contributed by atoms with Crippen LogP contribution in [0.25, 0.3) is 0 Å². The molecule has 2 rings (SSSR count). The summed E-state index contributed by atoms with van der Waals surface area (Å²) in [7, 11) is 1.42. The van der Waals surface area contributed by atoms with Gasteiger partial charge in [-0.25, -0.2) is 0 Å². The molecule has 7 heteroatoms. The molecule has 0 saturated carbocycles. The summed E-state index contributed by atoms with van der Waals surface area (Å²) < 4.78 is 10.7. The van der Waals surface area contributed by atoms with Crippen molar-refractivity contribution in [2.24, 2.45) is 0 Å². The second-order valence-corrected chi connectivity index (χ2v) is 5.21. The smallest absolute Gasteiger partial charge is 0.273 e. The molecule has 2 aromatic rings. The van der Waals surface area contributed by atoms with E-state index in [1.807, 2.05) is 25.1 Å². The Labute approximate surface area is 139 Å². The van der Waals surface area contributed by atoms with Crippen molar-refractivity contribution < 1.29 is 19.2 Å². The van der Waals surface area contributed by atoms with Gasteiger partial charge in [-0.2, -0.15) is 0 Å². The molecule has 1 atom stereocenters. The van der Waals surface area contributed by atoms with E-state index in [0.717, 1.165) is 5.56 Å². The van der Waals surface area contributed by atoms with Crippen LogP contribution in [0.3, 0.4) is 0 Å². The van der Waals surface area contributed by atoms with Crippen molar-refractivity contribution in [2.75, 3.05) is 12.4 Å². The molecule has 0 unspecified atom stereocenters. The number of nitrogens with one attached hydrogen (secondary N) is 1. The Morgan fingerprint density at radius 3 is 2.58 bits per heavy atom. The number of carbonyl (C=O) groups is 1. The summed E-state index contributed by atoms with van der Waals surface area (Å²) in [5, 5.41) is 13.6. The first-order valence-corrected chi connectivity index (χ1v) is 7.27. The van der Waals surface area contributed by atoms with Crippen LogP contribution in [0.4, 0.5) is 11.4 Å². The number of hydrogen-bond acceptors (Lipinski definition) is 5. The predicted octanol–water partition coefficient (Wildman–Crippen LogP) is 3.32. The number of anilines is 1. The van der Waals surface area contributed by atoms with Crippen molar-refractivity contribution in [1.82, 2.24) is 0 Å². The molecule has 0 heterocycles. The summed E-state index contributed by atoms with van der Waals surface area (Å²) in [5.74, 6) is 0.0866. The highest BCUT2D eigenvalue weighted by Gasteiger charge is 2.19. The van der Waals surface area contributed by atoms with E-state index in [9.17, 15) is 14.9 Å². The Kier molecular flexibility index (Phi) is 5.36. The van der Waals surface area contributed by atoms with E-state index in [2.05, 4.69) is 5.32 Å². The monoisotopic (exact) mass is 330 g/mol. The average molecular weight is 330 g/mol. The zero-order valence-corrected chi connectivity index (χ0v) is 13.6. The molecule has 0 aliphatic heterocycles. The number of nitro groups is 1. The van der Waals surface area contributed by atoms with Gasteiger partial charge in [0.15, 0.2) is 17.6 Å². The summed E-state index contributed by atoms with van der Waals surface area (Å²) in [6.07, 6.45) is -0.860. The van der Waals surface area contributed by atoms with Gasteiger partial charge >= 0.3 is 0 Å². The number of aryl methyl sites for hydroxylation is 1. The average Bonchev–Trinajstić information content (AvgIpc) is 2.54. The van der Waals surface area contributed by atoms with Crippen LogP contribution in [-0.2, 0) is 4.79 Å². The Morgan fingerprint density at radius 1 is 1.21 bits per heavy atom. The maximum Gasteiger partial charge on any atom is 0.273 e. The maximum absolute atomic E-state index is 12.2. The van der Waals surface area contributed by atoms with Gasteiger partial charge in [0.2, 0.25) is 0 Å². The molecule has 0 spiro atoms. The van der Waals surface area contributed by atoms with Crippen LogP contribution in [0.15, 0.2) is 42.5 Å². The topological polar surface area (TPSA) is 90.7 Å². The minimum atomic E-state index is -0.860. The Morgan fingerprint density at radius 2 is 1.96 bits per heavy atom. The van der Waals surface area contributed by atoms with Gasteiger partial charge in [0.05, 0.1) is 18.1 Å². The lowest BCUT2D eigenvalue weighted by Gasteiger charge is -2.16. The zero-order chi connectivity index (χ0) is 17.7. The molecule has 1 N–H and O–H groups in total. The maximum atomic E-state index is 12.2. The largest absolute Gasteiger partial charge is 0.493 e. The van der Waals surface area contributed by atoms with Gasteiger partial charge in [-0.15, -0.1) is 0 Å². The number of non-ortho nitro benzene ring substituents is 1. The molecular weight excluding hydrogens is 312 g/mol. The first kappa shape index (κ1) is 17.3. The quantitative estimate of drug-likeness (QED) is 0.648. The Hall–Kier alpha value is -3.09. The fourth-order valence-corrected chi connectivity index (χ4v) is 2.08. The van der Waals surface area contributed by atoms with Crippen LogP contribution in [0, 0.1) is 17.0 Å². The van der Waals surface area contributed by atoms with Crippen LogP contribution in [-0.4, -0.2) is 24.0 Å². The molecule has 2 aromatic carbocycles. The minimum absolute atomic E-state index is 0.138. The number of rotatable bonds is 6. The SMILES string of the molecule is COc1ccc([N+](=O)[O-])cc1O[C@H](C)C(=O)Nc1cccc(C)c1. The first-order chi connectivity index (χ1) is 11.4. The van der Waals surface area contributed by atoms with E-state index in [4.69, 9.17) is 9.47 Å². The molecule has 0 bridgehead atoms. The molecule has 24 heavy (non-hydrogen) atoms. The van der Waals surface area contributed by atoms with Gasteiger partial charge in [-0.05, 0) is 37.6 Å². The molecule has 0 aliphatic rings. The second kappa shape index (κ2) is 7.45. The number of amides is 1. The summed E-state index contributed by atoms with van der Waals surface area (Å²) in [4.78, 5) is 22.6. The number of ether oxygens (including phenoxy) is 2. The van der Waals surface area contributed by atoms with Gasteiger partial charge in [-0.3, -0.25) is 14.9 Å². The van der Waals surface area contributed by atoms with E-state index in [1.54, 1.807) is 13.0 Å². The molecule has 1 amide bonds. The van der Waals surface area contributed by atoms with Crippen molar-refractivity contribution in [2.45, 2.75) is 20.0 Å². The summed E-state index contributed by atoms with van der Waals surface area (Å²) in [5.41, 5.74) is 1.53. The highest BCUT2D eigenvalue weighted by molar-refractivity contribution is 5.94. The first-order valence-electron chi connectivity index (χ1n) is 7.27. The van der Waals surface area contributed by atoms with Crippen molar-refractivity contribution in [3.05, 3.63) is 58.1 Å². The highest BCUT2D eigenvalue weighted by Crippen LogP contribution is 2.32. The van der Waals surface area contributed by atoms with Crippen molar-refractivity contribution in [1.29, 1.82) is 0 Å². The number of carbonyl (C=O) groups excluding carboxylic acids is 1. The van der Waals surface area contributed by atoms with E-state index < -0.39 is 11.0 Å². The molecular formula is C17H18N2O5. The molecule has 0 fully saturated rings. The summed E-state index contributed by atoms with van der Waals surface area (Å²) >= 11 is 0. The third-order valence-corrected chi connectivity index (χ3v) is 3.32. The van der Waals surface area contributed by atoms with Gasteiger partial charge in [0, 0.05) is 11.8 Å². The summed E-state index contributed by atoms with van der Waals surface area (Å²) in [6.45, 7) is 3.48. The van der Waals surface area contributed by atoms with E-state index in [1.165, 1.54) is 25.3 Å². The van der Waals surface area contributed by atoms with Crippen molar-refractivity contribution in [3.63, 3.8) is 0 Å². The molecule has 7 nitrogen and oxygen atoms in total. The molecule has 0 aliphatic carbocycles. The van der Waals surface area contributed by atoms with Crippen LogP contribution >= 0.6 is 0 Å². The molecule has 0 saturated heterocycles. The number of hydrogen-bond donors (Lipinski definition) is 1. The Bertz CT molecular complexity index is 760. The predicted molar refractivity (Wildman–Crippen MR) is 89.5 cm³/mol. The van der Waals surface area contributed by atoms with E-state index in [0.29, 0.717) is 11.4 Å². The zero-order valence-electron chi connectivity index (χ0n) is 13.6. The third kappa shape index (κ3) is 4.22. The molecule has 126 valence electrons. The number of methoxy groups -OCH3 is 1. The fraction of sp³-hybridized carbons (Fsp3) is 0.235. The standard InChI is InChI=1S/C17H18N2O5/c1-11-5-4-6-13(9-11)18-17(20)12(2)24-16-10-14(19(21)22)7-8-15(16)23-3/h4-10,12H,1-3H3,(H,18,20)/t12-/m1/s1. The Balaban J connectivity index is 2.13. The van der Waals surface area contributed by atoms with E-state index >= 15 is 0 Å². The van der Waals surface area contributed by atoms with Crippen molar-refractivity contribution in [3.8, 4) is 11.5 Å². The van der Waals surface area contributed by atoms with Gasteiger partial charge in [0.25, 0.3) is 11.6 Å². The normalized spacial score (nSPS) is 11.5. The lowest BCUT2D eigenvalue weighted by atomic mass is 10.2. The van der Waals surface area contributed by atoms with Crippen LogP contribution in [0.5, 0.6) is 11.5 Å². The van der Waals surface area contributed by atoms with Crippen LogP contribution < -0.4 is 14.8 Å². The number of benzene rings is 2. The lowest BCUT2D eigenvalue weighted by Crippen LogP contribution is -2.30. The number of nitro benzene ring substituents is 1. The second-order valence-electron chi connectivity index (χ2n) is 5.21. The van der Waals surface area contributed by atoms with Crippen molar-refractivity contribution >= 4 is 17.3 Å². The van der Waals surface area contributed by atoms with Gasteiger partial charge in [-0.1, -0.05) is 12.1 Å².